The maximum atomic E-state index is 14.2. The number of hydrogen-bond donors (Lipinski definition) is 2. The molecule has 1 heterocycles. The van der Waals surface area contributed by atoms with E-state index in [2.05, 4.69) is 26.9 Å². The fourth-order valence-corrected chi connectivity index (χ4v) is 3.97. The lowest BCUT2D eigenvalue weighted by Gasteiger charge is -2.18. The lowest BCUT2D eigenvalue weighted by molar-refractivity contribution is -0.120. The molecule has 2 aromatic rings. The normalized spacial score (nSPS) is 22.1. The molecule has 2 aliphatic carbocycles. The number of aromatic nitrogens is 3. The van der Waals surface area contributed by atoms with E-state index in [0.717, 1.165) is 25.3 Å². The van der Waals surface area contributed by atoms with Crippen LogP contribution < -0.4 is 10.6 Å². The van der Waals surface area contributed by atoms with Crippen LogP contribution in [0.5, 0.6) is 0 Å². The highest BCUT2D eigenvalue weighted by Gasteiger charge is 2.40. The number of nitrogens with zero attached hydrogens (tertiary/aromatic N) is 3. The van der Waals surface area contributed by atoms with Crippen LogP contribution in [0.3, 0.4) is 0 Å². The zero-order valence-corrected chi connectivity index (χ0v) is 15.9. The van der Waals surface area contributed by atoms with E-state index < -0.39 is 17.5 Å². The van der Waals surface area contributed by atoms with Crippen molar-refractivity contribution in [2.24, 2.45) is 17.8 Å². The number of aryl methyl sites for hydroxylation is 1. The molecule has 2 N–H and O–H groups in total. The fraction of sp³-hybridized carbons (Fsp3) is 0.400. The van der Waals surface area contributed by atoms with Crippen LogP contribution in [-0.2, 0) is 11.3 Å². The van der Waals surface area contributed by atoms with Crippen LogP contribution in [0.2, 0.25) is 0 Å². The van der Waals surface area contributed by atoms with E-state index in [0.29, 0.717) is 18.5 Å². The Kier molecular flexibility index (Phi) is 5.12. The summed E-state index contributed by atoms with van der Waals surface area (Å²) in [4.78, 5) is 26.4. The molecule has 4 rings (SSSR count). The standard InChI is InChI=1S/C20H21F2N5O2/c1-2-5-27-23-10-18(26-27)25-20(29)14-8-17(16(22)9-15(14)21)24-19(28)13-7-11-3-4-12(13)6-11/h3-4,8-13H,2,5-7H2,1H3,(H,24,28)(H,25,26,29)/t11-,12+,13+/m1/s1. The number of carbonyl (C=O) groups excluding carboxylic acids is 2. The molecule has 2 amide bonds. The van der Waals surface area contributed by atoms with Gasteiger partial charge in [0.15, 0.2) is 5.82 Å². The smallest absolute Gasteiger partial charge is 0.259 e. The molecule has 0 radical (unpaired) electrons. The molecule has 0 saturated heterocycles. The minimum atomic E-state index is -1.03. The first-order valence-corrected chi connectivity index (χ1v) is 9.64. The van der Waals surface area contributed by atoms with Gasteiger partial charge in [0, 0.05) is 12.0 Å². The molecule has 7 nitrogen and oxygen atoms in total. The molecule has 2 bridgehead atoms. The third kappa shape index (κ3) is 3.90. The van der Waals surface area contributed by atoms with Crippen molar-refractivity contribution in [1.82, 2.24) is 15.0 Å². The van der Waals surface area contributed by atoms with Crippen molar-refractivity contribution in [2.75, 3.05) is 10.6 Å². The molecule has 0 spiro atoms. The molecule has 29 heavy (non-hydrogen) atoms. The summed E-state index contributed by atoms with van der Waals surface area (Å²) in [6.07, 6.45) is 7.93. The largest absolute Gasteiger partial charge is 0.323 e. The molecule has 3 atom stereocenters. The maximum Gasteiger partial charge on any atom is 0.259 e. The Morgan fingerprint density at radius 2 is 2.00 bits per heavy atom. The monoisotopic (exact) mass is 401 g/mol. The molecule has 1 saturated carbocycles. The van der Waals surface area contributed by atoms with Crippen molar-refractivity contribution in [1.29, 1.82) is 0 Å². The van der Waals surface area contributed by atoms with E-state index in [4.69, 9.17) is 0 Å². The van der Waals surface area contributed by atoms with Gasteiger partial charge in [0.25, 0.3) is 5.91 Å². The van der Waals surface area contributed by atoms with Crippen LogP contribution in [0.15, 0.2) is 30.5 Å². The molecule has 1 aromatic heterocycles. The summed E-state index contributed by atoms with van der Waals surface area (Å²) >= 11 is 0. The van der Waals surface area contributed by atoms with E-state index >= 15 is 0 Å². The van der Waals surface area contributed by atoms with Crippen LogP contribution >= 0.6 is 0 Å². The Bertz CT molecular complexity index is 987. The third-order valence-electron chi connectivity index (χ3n) is 5.38. The fourth-order valence-electron chi connectivity index (χ4n) is 3.97. The van der Waals surface area contributed by atoms with Crippen molar-refractivity contribution in [3.63, 3.8) is 0 Å². The van der Waals surface area contributed by atoms with Gasteiger partial charge in [0.05, 0.1) is 24.0 Å². The van der Waals surface area contributed by atoms with E-state index in [-0.39, 0.29) is 34.8 Å². The zero-order chi connectivity index (χ0) is 20.5. The van der Waals surface area contributed by atoms with E-state index in [9.17, 15) is 18.4 Å². The Morgan fingerprint density at radius 1 is 1.17 bits per heavy atom. The van der Waals surface area contributed by atoms with Gasteiger partial charge in [-0.3, -0.25) is 9.59 Å². The van der Waals surface area contributed by atoms with Crippen molar-refractivity contribution in [3.05, 3.63) is 47.7 Å². The first-order chi connectivity index (χ1) is 13.9. The molecule has 152 valence electrons. The predicted molar refractivity (Wildman–Crippen MR) is 102 cm³/mol. The lowest BCUT2D eigenvalue weighted by atomic mass is 9.92. The van der Waals surface area contributed by atoms with Gasteiger partial charge in [-0.25, -0.2) is 8.78 Å². The minimum absolute atomic E-state index is 0.150. The zero-order valence-electron chi connectivity index (χ0n) is 15.9. The van der Waals surface area contributed by atoms with Gasteiger partial charge >= 0.3 is 0 Å². The average molecular weight is 401 g/mol. The summed E-state index contributed by atoms with van der Waals surface area (Å²) < 4.78 is 28.4. The third-order valence-corrected chi connectivity index (χ3v) is 5.38. The molecule has 1 fully saturated rings. The van der Waals surface area contributed by atoms with E-state index in [1.165, 1.54) is 11.0 Å². The number of hydrogen-bond acceptors (Lipinski definition) is 4. The van der Waals surface area contributed by atoms with Crippen molar-refractivity contribution < 1.29 is 18.4 Å². The maximum absolute atomic E-state index is 14.2. The number of anilines is 2. The summed E-state index contributed by atoms with van der Waals surface area (Å²) in [6, 6.07) is 1.61. The van der Waals surface area contributed by atoms with Crippen LogP contribution in [0, 0.1) is 29.4 Å². The number of amides is 2. The molecule has 2 aliphatic rings. The Morgan fingerprint density at radius 3 is 2.69 bits per heavy atom. The first-order valence-electron chi connectivity index (χ1n) is 9.64. The van der Waals surface area contributed by atoms with Gasteiger partial charge in [-0.1, -0.05) is 19.1 Å². The van der Waals surface area contributed by atoms with Gasteiger partial charge in [-0.2, -0.15) is 9.90 Å². The SMILES string of the molecule is CCCn1ncc(NC(=O)c2cc(NC(=O)[C@H]3C[C@@H]4C=C[C@H]3C4)c(F)cc2F)n1. The lowest BCUT2D eigenvalue weighted by Crippen LogP contribution is -2.26. The van der Waals surface area contributed by atoms with Gasteiger partial charge in [0.1, 0.15) is 11.6 Å². The van der Waals surface area contributed by atoms with Crippen molar-refractivity contribution in [2.45, 2.75) is 32.7 Å². The molecule has 9 heteroatoms. The Hall–Kier alpha value is -3.10. The van der Waals surface area contributed by atoms with Gasteiger partial charge in [0.2, 0.25) is 5.91 Å². The van der Waals surface area contributed by atoms with Crippen LogP contribution in [0.25, 0.3) is 0 Å². The second-order valence-electron chi connectivity index (χ2n) is 7.47. The molecular formula is C20H21F2N5O2. The molecule has 1 aromatic carbocycles. The quantitative estimate of drug-likeness (QED) is 0.727. The summed E-state index contributed by atoms with van der Waals surface area (Å²) in [5.41, 5.74) is -0.609. The minimum Gasteiger partial charge on any atom is -0.323 e. The highest BCUT2D eigenvalue weighted by molar-refractivity contribution is 6.05. The van der Waals surface area contributed by atoms with Gasteiger partial charge in [-0.15, -0.1) is 5.10 Å². The Balaban J connectivity index is 1.49. The number of carbonyl (C=O) groups is 2. The number of rotatable bonds is 6. The summed E-state index contributed by atoms with van der Waals surface area (Å²) in [6.45, 7) is 2.54. The average Bonchev–Trinajstić information content (AvgIpc) is 3.41. The second-order valence-corrected chi connectivity index (χ2v) is 7.47. The summed E-state index contributed by atoms with van der Waals surface area (Å²) in [5.74, 6) is -2.62. The highest BCUT2D eigenvalue weighted by atomic mass is 19.1. The van der Waals surface area contributed by atoms with E-state index in [1.807, 2.05) is 13.0 Å². The van der Waals surface area contributed by atoms with Crippen LogP contribution in [-0.4, -0.2) is 26.8 Å². The van der Waals surface area contributed by atoms with Crippen molar-refractivity contribution in [3.8, 4) is 0 Å². The topological polar surface area (TPSA) is 88.9 Å². The molecule has 0 unspecified atom stereocenters. The number of benzene rings is 1. The summed E-state index contributed by atoms with van der Waals surface area (Å²) in [5, 5.41) is 13.0. The summed E-state index contributed by atoms with van der Waals surface area (Å²) in [7, 11) is 0. The van der Waals surface area contributed by atoms with Crippen molar-refractivity contribution >= 4 is 23.3 Å². The van der Waals surface area contributed by atoms with Crippen LogP contribution in [0.4, 0.5) is 20.3 Å². The predicted octanol–water partition coefficient (Wildman–Crippen LogP) is 3.37. The number of nitrogens with one attached hydrogen (secondary N) is 2. The van der Waals surface area contributed by atoms with Gasteiger partial charge in [-0.05, 0) is 37.2 Å². The van der Waals surface area contributed by atoms with E-state index in [1.54, 1.807) is 0 Å². The highest BCUT2D eigenvalue weighted by Crippen LogP contribution is 2.43. The second kappa shape index (κ2) is 7.73. The Labute approximate surface area is 166 Å². The first kappa shape index (κ1) is 19.2. The number of allylic oxidation sites excluding steroid dienone is 2. The number of fused-ring (bicyclic) bond motifs is 2. The van der Waals surface area contributed by atoms with Gasteiger partial charge < -0.3 is 10.6 Å². The van der Waals surface area contributed by atoms with Crippen LogP contribution in [0.1, 0.15) is 36.5 Å². The molecular weight excluding hydrogens is 380 g/mol. The number of halogens is 2. The molecule has 0 aliphatic heterocycles.